The maximum Gasteiger partial charge on any atom is 0.110 e. The molecule has 0 bridgehead atoms. The first-order valence-corrected chi connectivity index (χ1v) is 7.48. The van der Waals surface area contributed by atoms with Gasteiger partial charge in [-0.05, 0) is 24.9 Å². The molecule has 0 aliphatic heterocycles. The van der Waals surface area contributed by atoms with E-state index in [4.69, 9.17) is 11.6 Å². The van der Waals surface area contributed by atoms with E-state index in [0.717, 1.165) is 30.4 Å². The number of imidazole rings is 1. The van der Waals surface area contributed by atoms with E-state index in [0.29, 0.717) is 0 Å². The molecule has 2 aromatic heterocycles. The molecule has 98 valence electrons. The summed E-state index contributed by atoms with van der Waals surface area (Å²) < 4.78 is 2.17. The molecular formula is C13H18ClN3S. The number of rotatable bonds is 6. The summed E-state index contributed by atoms with van der Waals surface area (Å²) in [6.45, 7) is 6.12. The predicted molar refractivity (Wildman–Crippen MR) is 77.4 cm³/mol. The summed E-state index contributed by atoms with van der Waals surface area (Å²) >= 11 is 7.93. The van der Waals surface area contributed by atoms with Crippen LogP contribution in [0.5, 0.6) is 0 Å². The number of thiophene rings is 1. The Balaban J connectivity index is 2.19. The lowest BCUT2D eigenvalue weighted by Gasteiger charge is -2.17. The van der Waals surface area contributed by atoms with E-state index in [1.54, 1.807) is 11.3 Å². The van der Waals surface area contributed by atoms with Gasteiger partial charge < -0.3 is 9.88 Å². The Labute approximate surface area is 117 Å². The Morgan fingerprint density at radius 2 is 2.33 bits per heavy atom. The van der Waals surface area contributed by atoms with Crippen LogP contribution in [0.3, 0.4) is 0 Å². The molecule has 0 aliphatic rings. The minimum Gasteiger partial charge on any atom is -0.335 e. The van der Waals surface area contributed by atoms with Crippen molar-refractivity contribution in [2.75, 3.05) is 6.54 Å². The number of aryl methyl sites for hydroxylation is 1. The molecule has 1 atom stereocenters. The molecule has 1 unspecified atom stereocenters. The lowest BCUT2D eigenvalue weighted by molar-refractivity contribution is 0.529. The molecule has 18 heavy (non-hydrogen) atoms. The predicted octanol–water partition coefficient (Wildman–Crippen LogP) is 3.51. The fourth-order valence-corrected chi connectivity index (χ4v) is 3.32. The Morgan fingerprint density at radius 3 is 2.94 bits per heavy atom. The van der Waals surface area contributed by atoms with Gasteiger partial charge in [-0.25, -0.2) is 4.98 Å². The zero-order valence-electron chi connectivity index (χ0n) is 10.7. The maximum absolute atomic E-state index is 6.23. The van der Waals surface area contributed by atoms with Crippen LogP contribution in [0, 0.1) is 0 Å². The van der Waals surface area contributed by atoms with Crippen molar-refractivity contribution in [2.45, 2.75) is 32.9 Å². The molecule has 2 heterocycles. The minimum absolute atomic E-state index is 0.246. The van der Waals surface area contributed by atoms with Crippen LogP contribution in [-0.4, -0.2) is 16.1 Å². The van der Waals surface area contributed by atoms with Gasteiger partial charge in [0.2, 0.25) is 0 Å². The molecule has 0 amide bonds. The van der Waals surface area contributed by atoms with E-state index < -0.39 is 0 Å². The largest absolute Gasteiger partial charge is 0.335 e. The molecule has 0 saturated carbocycles. The molecule has 0 aliphatic carbocycles. The number of hydrogen-bond donors (Lipinski definition) is 1. The highest BCUT2D eigenvalue weighted by Gasteiger charge is 2.17. The number of halogens is 1. The fraction of sp³-hybridized carbons (Fsp3) is 0.462. The van der Waals surface area contributed by atoms with Gasteiger partial charge in [0.05, 0.1) is 11.1 Å². The van der Waals surface area contributed by atoms with E-state index >= 15 is 0 Å². The number of hydrogen-bond acceptors (Lipinski definition) is 3. The van der Waals surface area contributed by atoms with E-state index in [9.17, 15) is 0 Å². The molecule has 3 nitrogen and oxygen atoms in total. The quantitative estimate of drug-likeness (QED) is 0.879. The van der Waals surface area contributed by atoms with Crippen molar-refractivity contribution in [3.05, 3.63) is 39.6 Å². The van der Waals surface area contributed by atoms with Crippen LogP contribution in [0.4, 0.5) is 0 Å². The van der Waals surface area contributed by atoms with Gasteiger partial charge in [-0.3, -0.25) is 0 Å². The normalized spacial score (nSPS) is 12.8. The summed E-state index contributed by atoms with van der Waals surface area (Å²) in [6, 6.07) is 2.20. The first-order valence-electron chi connectivity index (χ1n) is 6.22. The van der Waals surface area contributed by atoms with Crippen molar-refractivity contribution in [3.8, 4) is 0 Å². The second kappa shape index (κ2) is 6.36. The lowest BCUT2D eigenvalue weighted by Crippen LogP contribution is -2.23. The number of nitrogens with zero attached hydrogens (tertiary/aromatic N) is 2. The van der Waals surface area contributed by atoms with Crippen molar-refractivity contribution in [1.82, 2.24) is 14.9 Å². The summed E-state index contributed by atoms with van der Waals surface area (Å²) in [4.78, 5) is 5.63. The Hall–Kier alpha value is -0.840. The first-order chi connectivity index (χ1) is 8.76. The monoisotopic (exact) mass is 283 g/mol. The average Bonchev–Trinajstić information content (AvgIpc) is 2.97. The van der Waals surface area contributed by atoms with Crippen molar-refractivity contribution in [3.63, 3.8) is 0 Å². The molecule has 0 aromatic carbocycles. The Bertz CT molecular complexity index is 492. The second-order valence-electron chi connectivity index (χ2n) is 4.08. The highest BCUT2D eigenvalue weighted by molar-refractivity contribution is 7.10. The first kappa shape index (κ1) is 13.6. The van der Waals surface area contributed by atoms with Crippen LogP contribution in [0.1, 0.15) is 30.6 Å². The summed E-state index contributed by atoms with van der Waals surface area (Å²) in [5.41, 5.74) is 0. The van der Waals surface area contributed by atoms with E-state index in [-0.39, 0.29) is 6.04 Å². The molecule has 2 rings (SSSR count). The second-order valence-corrected chi connectivity index (χ2v) is 5.43. The van der Waals surface area contributed by atoms with Crippen LogP contribution in [-0.2, 0) is 13.0 Å². The van der Waals surface area contributed by atoms with Gasteiger partial charge in [0.15, 0.2) is 0 Å². The number of likely N-dealkylation sites (N-methyl/N-ethyl adjacent to an activating group) is 1. The minimum atomic E-state index is 0.246. The van der Waals surface area contributed by atoms with Gasteiger partial charge in [0.1, 0.15) is 5.82 Å². The van der Waals surface area contributed by atoms with Crippen LogP contribution in [0.15, 0.2) is 23.8 Å². The van der Waals surface area contributed by atoms with Gasteiger partial charge in [0.25, 0.3) is 0 Å². The van der Waals surface area contributed by atoms with Gasteiger partial charge >= 0.3 is 0 Å². The SMILES string of the molecule is CCNC(Cc1nccn1CC)c1sccc1Cl. The van der Waals surface area contributed by atoms with E-state index in [1.807, 2.05) is 23.8 Å². The molecule has 0 spiro atoms. The van der Waals surface area contributed by atoms with Crippen LogP contribution < -0.4 is 5.32 Å². The zero-order valence-corrected chi connectivity index (χ0v) is 12.3. The van der Waals surface area contributed by atoms with Crippen molar-refractivity contribution < 1.29 is 0 Å². The van der Waals surface area contributed by atoms with E-state index in [1.165, 1.54) is 4.88 Å². The molecule has 5 heteroatoms. The highest BCUT2D eigenvalue weighted by Crippen LogP contribution is 2.30. The molecular weight excluding hydrogens is 266 g/mol. The summed E-state index contributed by atoms with van der Waals surface area (Å²) in [7, 11) is 0. The smallest absolute Gasteiger partial charge is 0.110 e. The third-order valence-electron chi connectivity index (χ3n) is 2.94. The number of nitrogens with one attached hydrogen (secondary N) is 1. The third-order valence-corrected chi connectivity index (χ3v) is 4.41. The number of aromatic nitrogens is 2. The highest BCUT2D eigenvalue weighted by atomic mass is 35.5. The summed E-state index contributed by atoms with van der Waals surface area (Å²) in [6.07, 6.45) is 4.75. The van der Waals surface area contributed by atoms with Gasteiger partial charge in [-0.1, -0.05) is 18.5 Å². The zero-order chi connectivity index (χ0) is 13.0. The van der Waals surface area contributed by atoms with E-state index in [2.05, 4.69) is 28.7 Å². The van der Waals surface area contributed by atoms with Crippen molar-refractivity contribution >= 4 is 22.9 Å². The topological polar surface area (TPSA) is 29.9 Å². The van der Waals surface area contributed by atoms with Crippen molar-refractivity contribution in [2.24, 2.45) is 0 Å². The summed E-state index contributed by atoms with van der Waals surface area (Å²) in [5, 5.41) is 6.37. The Kier molecular flexibility index (Phi) is 4.80. The van der Waals surface area contributed by atoms with Gasteiger partial charge in [-0.2, -0.15) is 0 Å². The van der Waals surface area contributed by atoms with Crippen molar-refractivity contribution in [1.29, 1.82) is 0 Å². The Morgan fingerprint density at radius 1 is 1.50 bits per heavy atom. The molecule has 0 saturated heterocycles. The summed E-state index contributed by atoms with van der Waals surface area (Å²) in [5.74, 6) is 1.10. The van der Waals surface area contributed by atoms with Crippen LogP contribution in [0.2, 0.25) is 5.02 Å². The maximum atomic E-state index is 6.23. The molecule has 0 fully saturated rings. The molecule has 1 N–H and O–H groups in total. The standard InChI is InChI=1S/C13H18ClN3S/c1-3-15-11(13-10(14)5-8-18-13)9-12-16-6-7-17(12)4-2/h5-8,11,15H,3-4,9H2,1-2H3. The van der Waals surface area contributed by atoms with Crippen LogP contribution >= 0.6 is 22.9 Å². The lowest BCUT2D eigenvalue weighted by atomic mass is 10.1. The van der Waals surface area contributed by atoms with Gasteiger partial charge in [-0.15, -0.1) is 11.3 Å². The average molecular weight is 284 g/mol. The fourth-order valence-electron chi connectivity index (χ4n) is 2.06. The van der Waals surface area contributed by atoms with Crippen LogP contribution in [0.25, 0.3) is 0 Å². The third kappa shape index (κ3) is 2.94. The molecule has 2 aromatic rings. The molecule has 0 radical (unpaired) electrons. The van der Waals surface area contributed by atoms with Gasteiger partial charge in [0, 0.05) is 30.2 Å².